The van der Waals surface area contributed by atoms with Gasteiger partial charge in [0.25, 0.3) is 0 Å². The van der Waals surface area contributed by atoms with Crippen LogP contribution in [0.1, 0.15) is 5.56 Å². The predicted octanol–water partition coefficient (Wildman–Crippen LogP) is 5.10. The topological polar surface area (TPSA) is 0 Å². The van der Waals surface area contributed by atoms with Gasteiger partial charge in [0.2, 0.25) is 0 Å². The van der Waals surface area contributed by atoms with Crippen molar-refractivity contribution in [3.8, 4) is 0 Å². The van der Waals surface area contributed by atoms with Crippen LogP contribution in [-0.2, 0) is 0 Å². The molecule has 0 aromatic heterocycles. The van der Waals surface area contributed by atoms with Crippen molar-refractivity contribution in [2.75, 3.05) is 0 Å². The Hall–Kier alpha value is -1.18. The minimum atomic E-state index is 0.774. The van der Waals surface area contributed by atoms with Gasteiger partial charge in [-0.2, -0.15) is 0 Å². The number of rotatable bonds is 3. The fourth-order valence-corrected chi connectivity index (χ4v) is 2.07. The molecule has 0 heterocycles. The molecule has 2 rings (SSSR count). The van der Waals surface area contributed by atoms with E-state index in [1.54, 1.807) is 11.8 Å². The second-order valence-electron chi connectivity index (χ2n) is 3.29. The van der Waals surface area contributed by atoms with Crippen LogP contribution >= 0.6 is 23.4 Å². The van der Waals surface area contributed by atoms with E-state index in [0.717, 1.165) is 5.02 Å². The van der Waals surface area contributed by atoms with Gasteiger partial charge in [-0.15, -0.1) is 0 Å². The molecule has 0 unspecified atom stereocenters. The number of halogens is 1. The van der Waals surface area contributed by atoms with Crippen molar-refractivity contribution < 1.29 is 0 Å². The molecular weight excluding hydrogens is 236 g/mol. The molecule has 0 atom stereocenters. The van der Waals surface area contributed by atoms with E-state index < -0.39 is 0 Å². The normalized spacial score (nSPS) is 10.8. The lowest BCUT2D eigenvalue weighted by Crippen LogP contribution is -1.69. The molecule has 2 heteroatoms. The van der Waals surface area contributed by atoms with Crippen molar-refractivity contribution in [2.45, 2.75) is 4.90 Å². The van der Waals surface area contributed by atoms with Gasteiger partial charge in [0.1, 0.15) is 0 Å². The quantitative estimate of drug-likeness (QED) is 0.679. The molecule has 0 radical (unpaired) electrons. The van der Waals surface area contributed by atoms with Gasteiger partial charge in [0.15, 0.2) is 0 Å². The van der Waals surface area contributed by atoms with Crippen molar-refractivity contribution in [3.05, 3.63) is 70.6 Å². The van der Waals surface area contributed by atoms with Crippen LogP contribution in [0, 0.1) is 0 Å². The van der Waals surface area contributed by atoms with Crippen LogP contribution in [-0.4, -0.2) is 0 Å². The summed E-state index contributed by atoms with van der Waals surface area (Å²) in [6.07, 6.45) is 2.10. The van der Waals surface area contributed by atoms with E-state index >= 15 is 0 Å². The minimum Gasteiger partial charge on any atom is -0.0981 e. The molecule has 2 aromatic carbocycles. The lowest BCUT2D eigenvalue weighted by Gasteiger charge is -1.96. The highest BCUT2D eigenvalue weighted by Gasteiger charge is 1.90. The summed E-state index contributed by atoms with van der Waals surface area (Å²) in [5, 5.41) is 2.86. The monoisotopic (exact) mass is 246 g/mol. The van der Waals surface area contributed by atoms with E-state index in [1.165, 1.54) is 10.5 Å². The van der Waals surface area contributed by atoms with Crippen molar-refractivity contribution >= 4 is 29.4 Å². The first-order valence-corrected chi connectivity index (χ1v) is 6.24. The maximum absolute atomic E-state index is 5.81. The third-order valence-corrected chi connectivity index (χ3v) is 3.15. The number of hydrogen-bond donors (Lipinski definition) is 0. The summed E-state index contributed by atoms with van der Waals surface area (Å²) in [5.74, 6) is 0. The molecule has 16 heavy (non-hydrogen) atoms. The Labute approximate surface area is 105 Å². The lowest BCUT2D eigenvalue weighted by molar-refractivity contribution is 1.47. The SMILES string of the molecule is Clc1ccc(S/C=C/c2ccccc2)cc1. The van der Waals surface area contributed by atoms with E-state index in [-0.39, 0.29) is 0 Å². The van der Waals surface area contributed by atoms with E-state index in [2.05, 4.69) is 23.6 Å². The molecule has 0 aliphatic carbocycles. The lowest BCUT2D eigenvalue weighted by atomic mass is 10.2. The highest BCUT2D eigenvalue weighted by atomic mass is 35.5. The van der Waals surface area contributed by atoms with Crippen LogP contribution in [0.25, 0.3) is 6.08 Å². The standard InChI is InChI=1S/C14H11ClS/c15-13-6-8-14(9-7-13)16-11-10-12-4-2-1-3-5-12/h1-11H/b11-10+. The molecule has 0 aliphatic heterocycles. The summed E-state index contributed by atoms with van der Waals surface area (Å²) < 4.78 is 0. The van der Waals surface area contributed by atoms with Gasteiger partial charge >= 0.3 is 0 Å². The molecule has 0 aliphatic rings. The molecule has 0 spiro atoms. The summed E-state index contributed by atoms with van der Waals surface area (Å²) in [4.78, 5) is 1.19. The Morgan fingerprint density at radius 1 is 0.875 bits per heavy atom. The van der Waals surface area contributed by atoms with Crippen LogP contribution < -0.4 is 0 Å². The molecular formula is C14H11ClS. The second-order valence-corrected chi connectivity index (χ2v) is 4.70. The average Bonchev–Trinajstić information content (AvgIpc) is 2.33. The Morgan fingerprint density at radius 3 is 2.25 bits per heavy atom. The summed E-state index contributed by atoms with van der Waals surface area (Å²) in [5.41, 5.74) is 1.21. The molecule has 80 valence electrons. The van der Waals surface area contributed by atoms with Crippen molar-refractivity contribution in [3.63, 3.8) is 0 Å². The fourth-order valence-electron chi connectivity index (χ4n) is 1.27. The maximum atomic E-state index is 5.81. The van der Waals surface area contributed by atoms with Crippen molar-refractivity contribution in [1.82, 2.24) is 0 Å². The first-order valence-electron chi connectivity index (χ1n) is 4.98. The van der Waals surface area contributed by atoms with Crippen LogP contribution in [0.4, 0.5) is 0 Å². The Balaban J connectivity index is 1.97. The number of thioether (sulfide) groups is 1. The summed E-state index contributed by atoms with van der Waals surface area (Å²) in [6, 6.07) is 18.1. The zero-order valence-electron chi connectivity index (χ0n) is 8.64. The number of hydrogen-bond acceptors (Lipinski definition) is 1. The van der Waals surface area contributed by atoms with Gasteiger partial charge in [0.05, 0.1) is 0 Å². The first kappa shape index (κ1) is 11.3. The largest absolute Gasteiger partial charge is 0.0981 e. The zero-order chi connectivity index (χ0) is 11.2. The molecule has 0 saturated carbocycles. The molecule has 0 N–H and O–H groups in total. The van der Waals surface area contributed by atoms with Crippen LogP contribution in [0.5, 0.6) is 0 Å². The Morgan fingerprint density at radius 2 is 1.56 bits per heavy atom. The van der Waals surface area contributed by atoms with Gasteiger partial charge in [-0.25, -0.2) is 0 Å². The van der Waals surface area contributed by atoms with Crippen LogP contribution in [0.3, 0.4) is 0 Å². The summed E-state index contributed by atoms with van der Waals surface area (Å²) in [7, 11) is 0. The van der Waals surface area contributed by atoms with E-state index in [1.807, 2.05) is 42.5 Å². The third kappa shape index (κ3) is 3.44. The molecule has 2 aromatic rings. The van der Waals surface area contributed by atoms with Gasteiger partial charge in [-0.1, -0.05) is 53.7 Å². The molecule has 0 bridgehead atoms. The van der Waals surface area contributed by atoms with Gasteiger partial charge < -0.3 is 0 Å². The minimum absolute atomic E-state index is 0.774. The fraction of sp³-hybridized carbons (Fsp3) is 0. The van der Waals surface area contributed by atoms with E-state index in [0.29, 0.717) is 0 Å². The van der Waals surface area contributed by atoms with Gasteiger partial charge in [0, 0.05) is 9.92 Å². The first-order chi connectivity index (χ1) is 7.84. The Kier molecular flexibility index (Phi) is 4.09. The predicted molar refractivity (Wildman–Crippen MR) is 72.8 cm³/mol. The smallest absolute Gasteiger partial charge is 0.0406 e. The summed E-state index contributed by atoms with van der Waals surface area (Å²) >= 11 is 7.50. The number of benzene rings is 2. The van der Waals surface area contributed by atoms with Crippen molar-refractivity contribution in [2.24, 2.45) is 0 Å². The maximum Gasteiger partial charge on any atom is 0.0406 e. The second kappa shape index (κ2) is 5.78. The van der Waals surface area contributed by atoms with Gasteiger partial charge in [-0.3, -0.25) is 0 Å². The van der Waals surface area contributed by atoms with Gasteiger partial charge in [-0.05, 0) is 41.3 Å². The van der Waals surface area contributed by atoms with Crippen LogP contribution in [0.2, 0.25) is 5.02 Å². The summed E-state index contributed by atoms with van der Waals surface area (Å²) in [6.45, 7) is 0. The van der Waals surface area contributed by atoms with Crippen LogP contribution in [0.15, 0.2) is 64.9 Å². The Bertz CT molecular complexity index is 460. The average molecular weight is 247 g/mol. The van der Waals surface area contributed by atoms with E-state index in [4.69, 9.17) is 11.6 Å². The van der Waals surface area contributed by atoms with Crippen molar-refractivity contribution in [1.29, 1.82) is 0 Å². The molecule has 0 fully saturated rings. The highest BCUT2D eigenvalue weighted by Crippen LogP contribution is 2.22. The highest BCUT2D eigenvalue weighted by molar-refractivity contribution is 8.02. The molecule has 0 amide bonds. The zero-order valence-corrected chi connectivity index (χ0v) is 10.2. The molecule has 0 saturated heterocycles. The third-order valence-electron chi connectivity index (χ3n) is 2.08. The molecule has 0 nitrogen and oxygen atoms in total. The van der Waals surface area contributed by atoms with E-state index in [9.17, 15) is 0 Å².